The summed E-state index contributed by atoms with van der Waals surface area (Å²) in [5, 5.41) is 0. The van der Waals surface area contributed by atoms with E-state index in [9.17, 15) is 4.79 Å². The summed E-state index contributed by atoms with van der Waals surface area (Å²) in [5.41, 5.74) is 2.68. The fraction of sp³-hybridized carbons (Fsp3) is 0.500. The van der Waals surface area contributed by atoms with Crippen molar-refractivity contribution in [3.05, 3.63) is 53.2 Å². The Morgan fingerprint density at radius 3 is 2.96 bits per heavy atom. The first kappa shape index (κ1) is 17.2. The maximum Gasteiger partial charge on any atom is 0.257 e. The fourth-order valence-electron chi connectivity index (χ4n) is 3.77. The van der Waals surface area contributed by atoms with E-state index in [1.807, 2.05) is 24.1 Å². The zero-order chi connectivity index (χ0) is 18.1. The van der Waals surface area contributed by atoms with Crippen molar-refractivity contribution in [2.24, 2.45) is 0 Å². The Morgan fingerprint density at radius 2 is 2.23 bits per heavy atom. The molecular weight excluding hydrogens is 332 g/mol. The molecule has 1 unspecified atom stereocenters. The first-order chi connectivity index (χ1) is 12.6. The van der Waals surface area contributed by atoms with Crippen LogP contribution in [0.2, 0.25) is 0 Å². The number of likely N-dealkylation sites (tertiary alicyclic amines) is 1. The average Bonchev–Trinajstić information content (AvgIpc) is 3.04. The molecular formula is C20H24N2O4. The summed E-state index contributed by atoms with van der Waals surface area (Å²) in [5.74, 6) is 0.674. The van der Waals surface area contributed by atoms with Crippen LogP contribution in [-0.2, 0) is 16.1 Å². The van der Waals surface area contributed by atoms with Gasteiger partial charge in [0.1, 0.15) is 11.4 Å². The number of amides is 1. The van der Waals surface area contributed by atoms with Crippen molar-refractivity contribution in [3.8, 4) is 0 Å². The van der Waals surface area contributed by atoms with Crippen molar-refractivity contribution in [1.29, 1.82) is 0 Å². The summed E-state index contributed by atoms with van der Waals surface area (Å²) in [6.07, 6.45) is 7.07. The number of carbonyl (C=O) groups excluding carboxylic acids is 1. The molecule has 2 aromatic heterocycles. The van der Waals surface area contributed by atoms with Crippen LogP contribution in [0.1, 0.15) is 40.1 Å². The molecule has 4 heterocycles. The second-order valence-electron chi connectivity index (χ2n) is 7.31. The lowest BCUT2D eigenvalue weighted by Gasteiger charge is -2.53. The Bertz CT molecular complexity index is 795. The molecule has 0 saturated carbocycles. The number of carbonyl (C=O) groups is 1. The third kappa shape index (κ3) is 3.27. The highest BCUT2D eigenvalue weighted by Crippen LogP contribution is 2.36. The zero-order valence-corrected chi connectivity index (χ0v) is 15.2. The molecule has 0 radical (unpaired) electrons. The normalized spacial score (nSPS) is 21.6. The quantitative estimate of drug-likeness (QED) is 0.843. The largest absolute Gasteiger partial charge is 0.469 e. The third-order valence-corrected chi connectivity index (χ3v) is 5.40. The van der Waals surface area contributed by atoms with Gasteiger partial charge in [-0.3, -0.25) is 9.78 Å². The molecule has 4 rings (SSSR count). The minimum Gasteiger partial charge on any atom is -0.469 e. The second kappa shape index (κ2) is 6.85. The van der Waals surface area contributed by atoms with E-state index in [0.29, 0.717) is 37.6 Å². The molecule has 0 aromatic carbocycles. The number of pyridine rings is 1. The van der Waals surface area contributed by atoms with Crippen LogP contribution in [0.5, 0.6) is 0 Å². The number of hydrogen-bond donors (Lipinski definition) is 0. The predicted octanol–water partition coefficient (Wildman–Crippen LogP) is 2.88. The van der Waals surface area contributed by atoms with Crippen LogP contribution in [0.3, 0.4) is 0 Å². The standard InChI is InChI=1S/C20H24N2O4/c1-14-3-6-21-10-16(14)11-25-17-4-8-26-20(9-17)12-22(13-20)19(23)18-5-7-24-15(18)2/h3,5-7,10,17H,4,8-9,11-13H2,1-2H3. The van der Waals surface area contributed by atoms with Crippen molar-refractivity contribution >= 4 is 5.91 Å². The van der Waals surface area contributed by atoms with Gasteiger partial charge in [0, 0.05) is 25.4 Å². The molecule has 2 aromatic rings. The highest BCUT2D eigenvalue weighted by molar-refractivity contribution is 5.95. The van der Waals surface area contributed by atoms with E-state index >= 15 is 0 Å². The van der Waals surface area contributed by atoms with Crippen molar-refractivity contribution in [1.82, 2.24) is 9.88 Å². The van der Waals surface area contributed by atoms with Gasteiger partial charge in [0.2, 0.25) is 0 Å². The number of aryl methyl sites for hydroxylation is 2. The number of furan rings is 1. The molecule has 6 heteroatoms. The molecule has 1 amide bonds. The molecule has 0 N–H and O–H groups in total. The molecule has 2 aliphatic rings. The number of nitrogens with zero attached hydrogens (tertiary/aromatic N) is 2. The summed E-state index contributed by atoms with van der Waals surface area (Å²) in [4.78, 5) is 18.5. The molecule has 0 bridgehead atoms. The van der Waals surface area contributed by atoms with Crippen LogP contribution in [0.4, 0.5) is 0 Å². The monoisotopic (exact) mass is 356 g/mol. The smallest absolute Gasteiger partial charge is 0.257 e. The van der Waals surface area contributed by atoms with Crippen LogP contribution in [0.25, 0.3) is 0 Å². The first-order valence-electron chi connectivity index (χ1n) is 9.05. The molecule has 2 saturated heterocycles. The number of hydrogen-bond acceptors (Lipinski definition) is 5. The van der Waals surface area contributed by atoms with Crippen LogP contribution in [-0.4, -0.2) is 47.2 Å². The lowest BCUT2D eigenvalue weighted by molar-refractivity contribution is -0.188. The summed E-state index contributed by atoms with van der Waals surface area (Å²) in [6.45, 7) is 6.34. The molecule has 1 atom stereocenters. The predicted molar refractivity (Wildman–Crippen MR) is 94.8 cm³/mol. The van der Waals surface area contributed by atoms with Gasteiger partial charge in [-0.15, -0.1) is 0 Å². The highest BCUT2D eigenvalue weighted by Gasteiger charge is 2.50. The van der Waals surface area contributed by atoms with E-state index in [1.54, 1.807) is 18.5 Å². The summed E-state index contributed by atoms with van der Waals surface area (Å²) >= 11 is 0. The lowest BCUT2D eigenvalue weighted by Crippen LogP contribution is -2.67. The topological polar surface area (TPSA) is 64.8 Å². The van der Waals surface area contributed by atoms with Gasteiger partial charge in [0.05, 0.1) is 37.6 Å². The zero-order valence-electron chi connectivity index (χ0n) is 15.2. The molecule has 0 aliphatic carbocycles. The van der Waals surface area contributed by atoms with E-state index in [1.165, 1.54) is 5.56 Å². The van der Waals surface area contributed by atoms with Crippen LogP contribution in [0.15, 0.2) is 35.2 Å². The van der Waals surface area contributed by atoms with Gasteiger partial charge >= 0.3 is 0 Å². The maximum atomic E-state index is 12.5. The van der Waals surface area contributed by atoms with E-state index in [0.717, 1.165) is 18.4 Å². The van der Waals surface area contributed by atoms with E-state index < -0.39 is 0 Å². The van der Waals surface area contributed by atoms with Gasteiger partial charge in [0.15, 0.2) is 0 Å². The Balaban J connectivity index is 1.33. The van der Waals surface area contributed by atoms with Gasteiger partial charge in [-0.05, 0) is 43.5 Å². The summed E-state index contributed by atoms with van der Waals surface area (Å²) < 4.78 is 17.4. The third-order valence-electron chi connectivity index (χ3n) is 5.40. The molecule has 1 spiro atoms. The molecule has 2 fully saturated rings. The van der Waals surface area contributed by atoms with Crippen molar-refractivity contribution in [2.75, 3.05) is 19.7 Å². The molecule has 2 aliphatic heterocycles. The Kier molecular flexibility index (Phi) is 4.54. The highest BCUT2D eigenvalue weighted by atomic mass is 16.5. The number of ether oxygens (including phenoxy) is 2. The fourth-order valence-corrected chi connectivity index (χ4v) is 3.77. The number of rotatable bonds is 4. The Hall–Kier alpha value is -2.18. The van der Waals surface area contributed by atoms with Crippen molar-refractivity contribution in [3.63, 3.8) is 0 Å². The van der Waals surface area contributed by atoms with Gasteiger partial charge < -0.3 is 18.8 Å². The summed E-state index contributed by atoms with van der Waals surface area (Å²) in [6, 6.07) is 3.73. The van der Waals surface area contributed by atoms with Crippen molar-refractivity contribution < 1.29 is 18.7 Å². The first-order valence-corrected chi connectivity index (χ1v) is 9.05. The van der Waals surface area contributed by atoms with Gasteiger partial charge in [0.25, 0.3) is 5.91 Å². The van der Waals surface area contributed by atoms with Crippen LogP contribution < -0.4 is 0 Å². The van der Waals surface area contributed by atoms with E-state index in [-0.39, 0.29) is 17.6 Å². The van der Waals surface area contributed by atoms with Crippen LogP contribution in [0, 0.1) is 13.8 Å². The Morgan fingerprint density at radius 1 is 1.38 bits per heavy atom. The van der Waals surface area contributed by atoms with Gasteiger partial charge in [-0.25, -0.2) is 0 Å². The van der Waals surface area contributed by atoms with Gasteiger partial charge in [-0.1, -0.05) is 0 Å². The Labute approximate surface area is 153 Å². The number of aromatic nitrogens is 1. The van der Waals surface area contributed by atoms with E-state index in [4.69, 9.17) is 13.9 Å². The van der Waals surface area contributed by atoms with E-state index in [2.05, 4.69) is 11.9 Å². The van der Waals surface area contributed by atoms with Crippen molar-refractivity contribution in [2.45, 2.75) is 45.0 Å². The molecule has 6 nitrogen and oxygen atoms in total. The molecule has 138 valence electrons. The maximum absolute atomic E-state index is 12.5. The second-order valence-corrected chi connectivity index (χ2v) is 7.31. The van der Waals surface area contributed by atoms with Crippen LogP contribution >= 0.6 is 0 Å². The lowest BCUT2D eigenvalue weighted by atomic mass is 9.84. The average molecular weight is 356 g/mol. The molecule has 26 heavy (non-hydrogen) atoms. The minimum absolute atomic E-state index is 0.0134. The summed E-state index contributed by atoms with van der Waals surface area (Å²) in [7, 11) is 0. The minimum atomic E-state index is -0.264. The SMILES string of the molecule is Cc1ccncc1COC1CCOC2(C1)CN(C(=O)c1ccoc1C)C2. The van der Waals surface area contributed by atoms with Gasteiger partial charge in [-0.2, -0.15) is 0 Å².